The fourth-order valence-corrected chi connectivity index (χ4v) is 2.53. The molecular formula is C14H18N2OS. The smallest absolute Gasteiger partial charge is 0.183 e. The highest BCUT2D eigenvalue weighted by atomic mass is 32.1. The number of thiazole rings is 1. The number of aryl methyl sites for hydroxylation is 2. The fraction of sp³-hybridized carbons (Fsp3) is 0.357. The van der Waals surface area contributed by atoms with Gasteiger partial charge < -0.3 is 10.1 Å². The molecule has 0 aliphatic heterocycles. The fourth-order valence-electron chi connectivity index (χ4n) is 1.72. The first kappa shape index (κ1) is 13.1. The lowest BCUT2D eigenvalue weighted by molar-refractivity contribution is 0.185. The van der Waals surface area contributed by atoms with Crippen LogP contribution in [-0.2, 0) is 17.9 Å². The van der Waals surface area contributed by atoms with E-state index in [1.54, 1.807) is 18.4 Å². The van der Waals surface area contributed by atoms with Gasteiger partial charge in [0, 0.05) is 18.5 Å². The monoisotopic (exact) mass is 262 g/mol. The Kier molecular flexibility index (Phi) is 4.33. The predicted molar refractivity (Wildman–Crippen MR) is 76.1 cm³/mol. The Morgan fingerprint density at radius 3 is 2.72 bits per heavy atom. The molecule has 0 fully saturated rings. The molecule has 0 aliphatic carbocycles. The minimum atomic E-state index is 0.656. The van der Waals surface area contributed by atoms with Gasteiger partial charge in [0.1, 0.15) is 0 Å². The first-order valence-corrected chi connectivity index (χ1v) is 6.75. The van der Waals surface area contributed by atoms with Gasteiger partial charge in [-0.3, -0.25) is 0 Å². The Labute approximate surface area is 112 Å². The Hall–Kier alpha value is -1.39. The summed E-state index contributed by atoms with van der Waals surface area (Å²) in [6, 6.07) is 8.40. The number of rotatable bonds is 5. The van der Waals surface area contributed by atoms with Crippen molar-refractivity contribution < 1.29 is 4.74 Å². The molecule has 1 aromatic carbocycles. The maximum Gasteiger partial charge on any atom is 0.183 e. The highest BCUT2D eigenvalue weighted by Gasteiger charge is 2.03. The van der Waals surface area contributed by atoms with Gasteiger partial charge in [0.25, 0.3) is 0 Å². The number of methoxy groups -OCH3 is 1. The number of hydrogen-bond acceptors (Lipinski definition) is 4. The van der Waals surface area contributed by atoms with Crippen LogP contribution in [-0.4, -0.2) is 12.1 Å². The van der Waals surface area contributed by atoms with Crippen LogP contribution in [0.4, 0.5) is 5.13 Å². The molecule has 2 rings (SSSR count). The lowest BCUT2D eigenvalue weighted by Gasteiger charge is -2.05. The maximum atomic E-state index is 5.13. The van der Waals surface area contributed by atoms with Crippen molar-refractivity contribution >= 4 is 16.5 Å². The van der Waals surface area contributed by atoms with Crippen molar-refractivity contribution in [3.05, 3.63) is 46.0 Å². The third-order valence-electron chi connectivity index (χ3n) is 2.77. The SMILES string of the molecule is COCc1cccc(CNc2nc(C)c(C)s2)c1. The number of ether oxygens (including phenoxy) is 1. The standard InChI is InChI=1S/C14H18N2OS/c1-10-11(2)18-14(16-10)15-8-12-5-4-6-13(7-12)9-17-3/h4-7H,8-9H2,1-3H3,(H,15,16). The number of nitrogens with zero attached hydrogens (tertiary/aromatic N) is 1. The van der Waals surface area contributed by atoms with E-state index in [0.29, 0.717) is 6.61 Å². The van der Waals surface area contributed by atoms with Crippen molar-refractivity contribution in [3.63, 3.8) is 0 Å². The molecule has 0 atom stereocenters. The summed E-state index contributed by atoms with van der Waals surface area (Å²) in [7, 11) is 1.71. The van der Waals surface area contributed by atoms with E-state index in [4.69, 9.17) is 4.74 Å². The summed E-state index contributed by atoms with van der Waals surface area (Å²) in [5.74, 6) is 0. The molecular weight excluding hydrogens is 244 g/mol. The Bertz CT molecular complexity index is 503. The molecule has 0 saturated heterocycles. The Morgan fingerprint density at radius 2 is 2.06 bits per heavy atom. The molecule has 1 aromatic heterocycles. The van der Waals surface area contributed by atoms with Gasteiger partial charge in [0.05, 0.1) is 12.3 Å². The van der Waals surface area contributed by atoms with Crippen LogP contribution in [0.15, 0.2) is 24.3 Å². The van der Waals surface area contributed by atoms with Crippen molar-refractivity contribution in [2.45, 2.75) is 27.0 Å². The Morgan fingerprint density at radius 1 is 1.28 bits per heavy atom. The zero-order valence-corrected chi connectivity index (χ0v) is 11.8. The molecule has 1 N–H and O–H groups in total. The molecule has 0 unspecified atom stereocenters. The van der Waals surface area contributed by atoms with Crippen LogP contribution in [0.1, 0.15) is 21.7 Å². The molecule has 0 bridgehead atoms. The summed E-state index contributed by atoms with van der Waals surface area (Å²) in [6.45, 7) is 5.58. The molecule has 1 heterocycles. The first-order chi connectivity index (χ1) is 8.69. The third kappa shape index (κ3) is 3.31. The average Bonchev–Trinajstić information content (AvgIpc) is 2.67. The van der Waals surface area contributed by atoms with Gasteiger partial charge in [-0.05, 0) is 25.0 Å². The van der Waals surface area contributed by atoms with Crippen LogP contribution in [0, 0.1) is 13.8 Å². The van der Waals surface area contributed by atoms with E-state index in [1.807, 2.05) is 6.92 Å². The second-order valence-electron chi connectivity index (χ2n) is 4.27. The molecule has 0 radical (unpaired) electrons. The topological polar surface area (TPSA) is 34.1 Å². The minimum Gasteiger partial charge on any atom is -0.380 e. The van der Waals surface area contributed by atoms with Crippen molar-refractivity contribution in [1.82, 2.24) is 4.98 Å². The summed E-state index contributed by atoms with van der Waals surface area (Å²) < 4.78 is 5.13. The third-order valence-corrected chi connectivity index (χ3v) is 3.81. The van der Waals surface area contributed by atoms with Crippen LogP contribution >= 0.6 is 11.3 Å². The summed E-state index contributed by atoms with van der Waals surface area (Å²) in [4.78, 5) is 5.74. The van der Waals surface area contributed by atoms with Crippen LogP contribution in [0.5, 0.6) is 0 Å². The zero-order chi connectivity index (χ0) is 13.0. The van der Waals surface area contributed by atoms with Gasteiger partial charge >= 0.3 is 0 Å². The summed E-state index contributed by atoms with van der Waals surface area (Å²) in [5.41, 5.74) is 3.55. The Balaban J connectivity index is 1.99. The molecule has 4 heteroatoms. The van der Waals surface area contributed by atoms with E-state index in [-0.39, 0.29) is 0 Å². The van der Waals surface area contributed by atoms with E-state index in [9.17, 15) is 0 Å². The average molecular weight is 262 g/mol. The maximum absolute atomic E-state index is 5.13. The summed E-state index contributed by atoms with van der Waals surface area (Å²) in [6.07, 6.45) is 0. The molecule has 3 nitrogen and oxygen atoms in total. The number of aromatic nitrogens is 1. The van der Waals surface area contributed by atoms with Crippen LogP contribution in [0.3, 0.4) is 0 Å². The molecule has 0 spiro atoms. The highest BCUT2D eigenvalue weighted by Crippen LogP contribution is 2.21. The van der Waals surface area contributed by atoms with E-state index in [0.717, 1.165) is 17.4 Å². The quantitative estimate of drug-likeness (QED) is 0.895. The number of benzene rings is 1. The normalized spacial score (nSPS) is 10.6. The van der Waals surface area contributed by atoms with E-state index < -0.39 is 0 Å². The van der Waals surface area contributed by atoms with Gasteiger partial charge in [-0.15, -0.1) is 11.3 Å². The molecule has 2 aromatic rings. The lowest BCUT2D eigenvalue weighted by Crippen LogP contribution is -2.00. The number of hydrogen-bond donors (Lipinski definition) is 1. The summed E-state index contributed by atoms with van der Waals surface area (Å²) in [5, 5.41) is 4.35. The van der Waals surface area contributed by atoms with Gasteiger partial charge in [0.2, 0.25) is 0 Å². The zero-order valence-electron chi connectivity index (χ0n) is 11.0. The minimum absolute atomic E-state index is 0.656. The highest BCUT2D eigenvalue weighted by molar-refractivity contribution is 7.15. The van der Waals surface area contributed by atoms with Crippen molar-refractivity contribution in [3.8, 4) is 0 Å². The van der Waals surface area contributed by atoms with Gasteiger partial charge in [0.15, 0.2) is 5.13 Å². The first-order valence-electron chi connectivity index (χ1n) is 5.93. The predicted octanol–water partition coefficient (Wildman–Crippen LogP) is 3.52. The van der Waals surface area contributed by atoms with E-state index >= 15 is 0 Å². The van der Waals surface area contributed by atoms with Crippen molar-refractivity contribution in [2.24, 2.45) is 0 Å². The number of anilines is 1. The second-order valence-corrected chi connectivity index (χ2v) is 5.47. The molecule has 0 saturated carbocycles. The van der Waals surface area contributed by atoms with Crippen molar-refractivity contribution in [1.29, 1.82) is 0 Å². The van der Waals surface area contributed by atoms with Gasteiger partial charge in [-0.1, -0.05) is 24.3 Å². The van der Waals surface area contributed by atoms with Crippen LogP contribution < -0.4 is 5.32 Å². The lowest BCUT2D eigenvalue weighted by atomic mass is 10.1. The largest absolute Gasteiger partial charge is 0.380 e. The molecule has 0 amide bonds. The van der Waals surface area contributed by atoms with Crippen LogP contribution in [0.2, 0.25) is 0 Å². The second kappa shape index (κ2) is 5.98. The summed E-state index contributed by atoms with van der Waals surface area (Å²) >= 11 is 1.70. The van der Waals surface area contributed by atoms with Crippen molar-refractivity contribution in [2.75, 3.05) is 12.4 Å². The number of nitrogens with one attached hydrogen (secondary N) is 1. The molecule has 18 heavy (non-hydrogen) atoms. The van der Waals surface area contributed by atoms with Gasteiger partial charge in [-0.2, -0.15) is 0 Å². The van der Waals surface area contributed by atoms with Crippen LogP contribution in [0.25, 0.3) is 0 Å². The molecule has 96 valence electrons. The van der Waals surface area contributed by atoms with E-state index in [2.05, 4.69) is 41.5 Å². The van der Waals surface area contributed by atoms with E-state index in [1.165, 1.54) is 16.0 Å². The molecule has 0 aliphatic rings. The van der Waals surface area contributed by atoms with Gasteiger partial charge in [-0.25, -0.2) is 4.98 Å².